The molecule has 2 atom stereocenters. The Morgan fingerprint density at radius 1 is 0.857 bits per heavy atom. The lowest BCUT2D eigenvalue weighted by Gasteiger charge is -2.41. The molecule has 0 N–H and O–H groups in total. The summed E-state index contributed by atoms with van der Waals surface area (Å²) < 4.78 is 12.6. The van der Waals surface area contributed by atoms with Gasteiger partial charge in [-0.25, -0.2) is 0 Å². The molecule has 108 valence electrons. The molecule has 0 unspecified atom stereocenters. The summed E-state index contributed by atoms with van der Waals surface area (Å²) in [5, 5.41) is 0. The largest absolute Gasteiger partial charge is 0.487 e. The van der Waals surface area contributed by atoms with Crippen LogP contribution >= 0.6 is 0 Å². The molecule has 0 aromatic heterocycles. The van der Waals surface area contributed by atoms with Crippen molar-refractivity contribution >= 4 is 0 Å². The SMILES string of the molecule is Cc1ccc2c(c1)[C@@H]1Oc3ccc(C)cc3[C@@H]1C(C)(C)O2. The van der Waals surface area contributed by atoms with Gasteiger partial charge in [0.25, 0.3) is 0 Å². The van der Waals surface area contributed by atoms with Crippen LogP contribution in [0.3, 0.4) is 0 Å². The normalized spacial score (nSPS) is 24.4. The molecule has 2 aliphatic heterocycles. The summed E-state index contributed by atoms with van der Waals surface area (Å²) in [4.78, 5) is 0. The standard InChI is InChI=1S/C19H20O2/c1-11-5-7-15-13(9-11)17-18(20-15)14-10-12(2)6-8-16(14)21-19(17,3)4/h5-10,17-18H,1-4H3/t17-,18-/m0/s1. The molecule has 0 aliphatic carbocycles. The van der Waals surface area contributed by atoms with Gasteiger partial charge in [0.2, 0.25) is 0 Å². The van der Waals surface area contributed by atoms with E-state index in [1.165, 1.54) is 22.3 Å². The maximum absolute atomic E-state index is 6.30. The van der Waals surface area contributed by atoms with Crippen molar-refractivity contribution in [2.24, 2.45) is 0 Å². The summed E-state index contributed by atoms with van der Waals surface area (Å²) in [7, 11) is 0. The number of fused-ring (bicyclic) bond motifs is 5. The van der Waals surface area contributed by atoms with Crippen LogP contribution in [0.15, 0.2) is 36.4 Å². The molecule has 0 radical (unpaired) electrons. The molecule has 0 fully saturated rings. The van der Waals surface area contributed by atoms with Gasteiger partial charge in [-0.15, -0.1) is 0 Å². The van der Waals surface area contributed by atoms with E-state index in [4.69, 9.17) is 9.47 Å². The minimum Gasteiger partial charge on any atom is -0.487 e. The maximum atomic E-state index is 6.30. The first-order valence-corrected chi connectivity index (χ1v) is 7.52. The molecule has 0 spiro atoms. The first kappa shape index (κ1) is 12.8. The number of hydrogen-bond donors (Lipinski definition) is 0. The van der Waals surface area contributed by atoms with Crippen LogP contribution in [-0.2, 0) is 0 Å². The van der Waals surface area contributed by atoms with Crippen molar-refractivity contribution < 1.29 is 9.47 Å². The van der Waals surface area contributed by atoms with Gasteiger partial charge in [-0.05, 0) is 45.9 Å². The molecule has 2 heteroatoms. The van der Waals surface area contributed by atoms with Crippen molar-refractivity contribution in [3.05, 3.63) is 58.7 Å². The Bertz CT molecular complexity index is 730. The Kier molecular flexibility index (Phi) is 2.45. The number of hydrogen-bond acceptors (Lipinski definition) is 2. The van der Waals surface area contributed by atoms with Crippen LogP contribution < -0.4 is 9.47 Å². The van der Waals surface area contributed by atoms with Gasteiger partial charge in [0.15, 0.2) is 0 Å². The zero-order chi connectivity index (χ0) is 14.8. The molecule has 0 saturated heterocycles. The smallest absolute Gasteiger partial charge is 0.138 e. The average molecular weight is 280 g/mol. The van der Waals surface area contributed by atoms with Crippen molar-refractivity contribution in [1.29, 1.82) is 0 Å². The van der Waals surface area contributed by atoms with Crippen LogP contribution in [0.1, 0.15) is 48.1 Å². The van der Waals surface area contributed by atoms with Crippen molar-refractivity contribution in [1.82, 2.24) is 0 Å². The fraction of sp³-hybridized carbons (Fsp3) is 0.368. The predicted octanol–water partition coefficient (Wildman–Crippen LogP) is 4.69. The van der Waals surface area contributed by atoms with E-state index in [0.29, 0.717) is 0 Å². The first-order chi connectivity index (χ1) is 9.95. The topological polar surface area (TPSA) is 18.5 Å². The molecule has 4 rings (SSSR count). The molecular formula is C19H20O2. The van der Waals surface area contributed by atoms with E-state index < -0.39 is 0 Å². The van der Waals surface area contributed by atoms with Crippen LogP contribution in [0.5, 0.6) is 11.5 Å². The van der Waals surface area contributed by atoms with Gasteiger partial charge in [0, 0.05) is 11.1 Å². The summed E-state index contributed by atoms with van der Waals surface area (Å²) in [5.41, 5.74) is 4.69. The van der Waals surface area contributed by atoms with Gasteiger partial charge in [-0.2, -0.15) is 0 Å². The lowest BCUT2D eigenvalue weighted by atomic mass is 9.77. The van der Waals surface area contributed by atoms with Gasteiger partial charge < -0.3 is 9.47 Å². The highest BCUT2D eigenvalue weighted by Crippen LogP contribution is 2.57. The van der Waals surface area contributed by atoms with Gasteiger partial charge >= 0.3 is 0 Å². The van der Waals surface area contributed by atoms with E-state index >= 15 is 0 Å². The number of benzene rings is 2. The Hall–Kier alpha value is -1.96. The monoisotopic (exact) mass is 280 g/mol. The van der Waals surface area contributed by atoms with E-state index in [0.717, 1.165) is 11.5 Å². The van der Waals surface area contributed by atoms with Crippen LogP contribution in [0.25, 0.3) is 0 Å². The van der Waals surface area contributed by atoms with Crippen LogP contribution in [0, 0.1) is 13.8 Å². The van der Waals surface area contributed by atoms with Gasteiger partial charge in [0.05, 0.1) is 5.92 Å². The second-order valence-electron chi connectivity index (χ2n) is 6.80. The highest BCUT2D eigenvalue weighted by atomic mass is 16.5. The number of rotatable bonds is 0. The molecule has 2 heterocycles. The van der Waals surface area contributed by atoms with E-state index in [9.17, 15) is 0 Å². The number of aryl methyl sites for hydroxylation is 2. The summed E-state index contributed by atoms with van der Waals surface area (Å²) >= 11 is 0. The summed E-state index contributed by atoms with van der Waals surface area (Å²) in [6, 6.07) is 12.8. The lowest BCUT2D eigenvalue weighted by Crippen LogP contribution is -2.42. The predicted molar refractivity (Wildman–Crippen MR) is 83.2 cm³/mol. The minimum atomic E-state index is -0.272. The van der Waals surface area contributed by atoms with Crippen LogP contribution in [0.2, 0.25) is 0 Å². The maximum Gasteiger partial charge on any atom is 0.138 e. The van der Waals surface area contributed by atoms with Gasteiger partial charge in [0.1, 0.15) is 23.2 Å². The number of ether oxygens (including phenoxy) is 2. The van der Waals surface area contributed by atoms with E-state index in [2.05, 4.69) is 64.1 Å². The Morgan fingerprint density at radius 2 is 1.48 bits per heavy atom. The second-order valence-corrected chi connectivity index (χ2v) is 6.80. The first-order valence-electron chi connectivity index (χ1n) is 7.52. The zero-order valence-electron chi connectivity index (χ0n) is 12.9. The zero-order valence-corrected chi connectivity index (χ0v) is 12.9. The molecule has 2 nitrogen and oxygen atoms in total. The third-order valence-corrected chi connectivity index (χ3v) is 4.65. The molecular weight excluding hydrogens is 260 g/mol. The van der Waals surface area contributed by atoms with Crippen molar-refractivity contribution in [3.63, 3.8) is 0 Å². The summed E-state index contributed by atoms with van der Waals surface area (Å²) in [6.45, 7) is 8.56. The lowest BCUT2D eigenvalue weighted by molar-refractivity contribution is 0.0129. The van der Waals surface area contributed by atoms with Gasteiger partial charge in [-0.1, -0.05) is 29.3 Å². The second kappa shape index (κ2) is 4.03. The summed E-state index contributed by atoms with van der Waals surface area (Å²) in [6.07, 6.45) is 0.0560. The van der Waals surface area contributed by atoms with E-state index in [1.807, 2.05) is 0 Å². The Morgan fingerprint density at radius 3 is 2.19 bits per heavy atom. The summed E-state index contributed by atoms with van der Waals surface area (Å²) in [5.74, 6) is 2.19. The third-order valence-electron chi connectivity index (χ3n) is 4.65. The molecule has 2 aliphatic rings. The van der Waals surface area contributed by atoms with Crippen molar-refractivity contribution in [3.8, 4) is 11.5 Å². The molecule has 2 aromatic carbocycles. The molecule has 2 aromatic rings. The molecule has 0 bridgehead atoms. The third kappa shape index (κ3) is 1.78. The van der Waals surface area contributed by atoms with Crippen LogP contribution in [0.4, 0.5) is 0 Å². The van der Waals surface area contributed by atoms with Gasteiger partial charge in [-0.3, -0.25) is 0 Å². The molecule has 0 saturated carbocycles. The molecule has 0 amide bonds. The Balaban J connectivity index is 1.92. The Labute approximate surface area is 125 Å². The van der Waals surface area contributed by atoms with E-state index in [-0.39, 0.29) is 17.6 Å². The van der Waals surface area contributed by atoms with Crippen molar-refractivity contribution in [2.45, 2.75) is 45.3 Å². The fourth-order valence-electron chi connectivity index (χ4n) is 3.70. The average Bonchev–Trinajstić information content (AvgIpc) is 2.79. The van der Waals surface area contributed by atoms with Crippen molar-refractivity contribution in [2.75, 3.05) is 0 Å². The minimum absolute atomic E-state index is 0.0560. The molecule has 21 heavy (non-hydrogen) atoms. The van der Waals surface area contributed by atoms with E-state index in [1.54, 1.807) is 0 Å². The fourth-order valence-corrected chi connectivity index (χ4v) is 3.70. The quantitative estimate of drug-likeness (QED) is 0.697. The highest BCUT2D eigenvalue weighted by Gasteiger charge is 2.50. The highest BCUT2D eigenvalue weighted by molar-refractivity contribution is 5.52. The van der Waals surface area contributed by atoms with Crippen LogP contribution in [-0.4, -0.2) is 5.60 Å².